The van der Waals surface area contributed by atoms with Gasteiger partial charge in [0.15, 0.2) is 0 Å². The highest BCUT2D eigenvalue weighted by Crippen LogP contribution is 2.21. The van der Waals surface area contributed by atoms with Crippen LogP contribution in [-0.2, 0) is 0 Å². The van der Waals surface area contributed by atoms with Crippen LogP contribution in [0.15, 0.2) is 77.9 Å². The summed E-state index contributed by atoms with van der Waals surface area (Å²) in [6, 6.07) is 17.2. The summed E-state index contributed by atoms with van der Waals surface area (Å²) in [5.74, 6) is 2.64. The number of aliphatic hydroxyl groups is 1. The maximum atomic E-state index is 10.3. The molecule has 0 spiro atoms. The van der Waals surface area contributed by atoms with Crippen molar-refractivity contribution in [2.45, 2.75) is 20.0 Å². The largest absolute Gasteiger partial charge is 0.382 e. The molecule has 0 radical (unpaired) electrons. The summed E-state index contributed by atoms with van der Waals surface area (Å²) in [5, 5.41) is 10.3. The molecule has 2 aromatic carbocycles. The Bertz CT molecular complexity index is 823. The second kappa shape index (κ2) is 8.10. The average Bonchev–Trinajstić information content (AvgIpc) is 2.61. The van der Waals surface area contributed by atoms with Crippen LogP contribution in [0.1, 0.15) is 36.6 Å². The molecule has 0 bridgehead atoms. The monoisotopic (exact) mass is 315 g/mol. The standard InChI is InChI=1S/C22H21NO/c1-5-19-10-9-13-21(15-19)16(2)14-17(3)23-18(4)22(24)20-11-7-6-8-12-20/h1,6-15,22,24H,4H2,2-3H3/b16-14+,23-17+. The minimum Gasteiger partial charge on any atom is -0.382 e. The first-order chi connectivity index (χ1) is 11.5. The van der Waals surface area contributed by atoms with Gasteiger partial charge >= 0.3 is 0 Å². The number of aliphatic imine (C=N–C) groups is 1. The van der Waals surface area contributed by atoms with Gasteiger partial charge in [0.25, 0.3) is 0 Å². The third-order valence-electron chi connectivity index (χ3n) is 3.66. The Morgan fingerprint density at radius 1 is 1.17 bits per heavy atom. The smallest absolute Gasteiger partial charge is 0.120 e. The molecule has 1 N–H and O–H groups in total. The van der Waals surface area contributed by atoms with E-state index in [-0.39, 0.29) is 0 Å². The summed E-state index contributed by atoms with van der Waals surface area (Å²) >= 11 is 0. The molecule has 2 nitrogen and oxygen atoms in total. The van der Waals surface area contributed by atoms with Crippen LogP contribution in [0.25, 0.3) is 5.57 Å². The van der Waals surface area contributed by atoms with E-state index in [1.54, 1.807) is 0 Å². The van der Waals surface area contributed by atoms with Crippen LogP contribution in [-0.4, -0.2) is 10.8 Å². The highest BCUT2D eigenvalue weighted by atomic mass is 16.3. The zero-order chi connectivity index (χ0) is 17.5. The van der Waals surface area contributed by atoms with E-state index in [9.17, 15) is 5.11 Å². The zero-order valence-corrected chi connectivity index (χ0v) is 14.0. The van der Waals surface area contributed by atoms with Crippen LogP contribution < -0.4 is 0 Å². The van der Waals surface area contributed by atoms with E-state index in [0.29, 0.717) is 5.70 Å². The molecular weight excluding hydrogens is 294 g/mol. The summed E-state index contributed by atoms with van der Waals surface area (Å²) < 4.78 is 0. The molecule has 0 fully saturated rings. The fraction of sp³-hybridized carbons (Fsp3) is 0.136. The van der Waals surface area contributed by atoms with Crippen LogP contribution in [0, 0.1) is 12.3 Å². The number of aliphatic hydroxyl groups excluding tert-OH is 1. The fourth-order valence-corrected chi connectivity index (χ4v) is 2.40. The Balaban J connectivity index is 2.18. The molecular formula is C22H21NO. The topological polar surface area (TPSA) is 32.6 Å². The highest BCUT2D eigenvalue weighted by molar-refractivity contribution is 5.99. The quantitative estimate of drug-likeness (QED) is 0.625. The predicted octanol–water partition coefficient (Wildman–Crippen LogP) is 4.78. The van der Waals surface area contributed by atoms with E-state index in [1.807, 2.05) is 74.5 Å². The lowest BCUT2D eigenvalue weighted by Gasteiger charge is -2.11. The maximum Gasteiger partial charge on any atom is 0.120 e. The first kappa shape index (κ1) is 17.5. The van der Waals surface area contributed by atoms with Crippen LogP contribution >= 0.6 is 0 Å². The van der Waals surface area contributed by atoms with Crippen molar-refractivity contribution in [1.29, 1.82) is 0 Å². The lowest BCUT2D eigenvalue weighted by molar-refractivity contribution is 0.215. The molecule has 1 unspecified atom stereocenters. The number of hydrogen-bond acceptors (Lipinski definition) is 2. The van der Waals surface area contributed by atoms with Gasteiger partial charge in [-0.1, -0.05) is 55.0 Å². The summed E-state index contributed by atoms with van der Waals surface area (Å²) in [6.07, 6.45) is 6.59. The van der Waals surface area contributed by atoms with Gasteiger partial charge in [-0.05, 0) is 48.8 Å². The van der Waals surface area contributed by atoms with Crippen LogP contribution in [0.4, 0.5) is 0 Å². The summed E-state index contributed by atoms with van der Waals surface area (Å²) in [7, 11) is 0. The average molecular weight is 315 g/mol. The molecule has 0 saturated heterocycles. The van der Waals surface area contributed by atoms with Crippen molar-refractivity contribution < 1.29 is 5.11 Å². The molecule has 0 aliphatic rings. The molecule has 2 rings (SSSR count). The Morgan fingerprint density at radius 3 is 2.54 bits per heavy atom. The van der Waals surface area contributed by atoms with Gasteiger partial charge in [-0.15, -0.1) is 6.42 Å². The number of hydrogen-bond donors (Lipinski definition) is 1. The summed E-state index contributed by atoms with van der Waals surface area (Å²) in [4.78, 5) is 4.42. The number of rotatable bonds is 5. The van der Waals surface area contributed by atoms with Crippen molar-refractivity contribution in [3.05, 3.63) is 89.6 Å². The molecule has 0 amide bonds. The van der Waals surface area contributed by atoms with Gasteiger partial charge in [0.05, 0.1) is 5.70 Å². The Morgan fingerprint density at radius 2 is 1.88 bits per heavy atom. The molecule has 2 aromatic rings. The molecule has 0 aliphatic heterocycles. The van der Waals surface area contributed by atoms with Crippen molar-refractivity contribution in [2.24, 2.45) is 4.99 Å². The number of benzene rings is 2. The SMILES string of the molecule is C#Cc1cccc(/C(C)=C/C(C)=N/C(=C)C(O)c2ccccc2)c1. The van der Waals surface area contributed by atoms with Gasteiger partial charge in [-0.25, -0.2) is 0 Å². The van der Waals surface area contributed by atoms with Gasteiger partial charge in [0.2, 0.25) is 0 Å². The van der Waals surface area contributed by atoms with Gasteiger partial charge < -0.3 is 5.11 Å². The summed E-state index contributed by atoms with van der Waals surface area (Å²) in [5.41, 5.74) is 4.92. The molecule has 0 saturated carbocycles. The minimum atomic E-state index is -0.806. The fourth-order valence-electron chi connectivity index (χ4n) is 2.40. The van der Waals surface area contributed by atoms with E-state index < -0.39 is 6.10 Å². The summed E-state index contributed by atoms with van der Waals surface area (Å²) in [6.45, 7) is 7.78. The second-order valence-corrected chi connectivity index (χ2v) is 5.61. The number of terminal acetylenes is 1. The van der Waals surface area contributed by atoms with Crippen molar-refractivity contribution >= 4 is 11.3 Å². The number of allylic oxidation sites excluding steroid dienone is 2. The Hall–Kier alpha value is -2.89. The van der Waals surface area contributed by atoms with E-state index in [1.165, 1.54) is 0 Å². The lowest BCUT2D eigenvalue weighted by atomic mass is 10.0. The minimum absolute atomic E-state index is 0.417. The van der Waals surface area contributed by atoms with Gasteiger partial charge in [0, 0.05) is 11.3 Å². The van der Waals surface area contributed by atoms with Crippen molar-refractivity contribution in [3.63, 3.8) is 0 Å². The molecule has 1 atom stereocenters. The van der Waals surface area contributed by atoms with E-state index in [4.69, 9.17) is 6.42 Å². The third-order valence-corrected chi connectivity index (χ3v) is 3.66. The molecule has 0 aromatic heterocycles. The zero-order valence-electron chi connectivity index (χ0n) is 14.0. The Kier molecular flexibility index (Phi) is 5.89. The van der Waals surface area contributed by atoms with Crippen LogP contribution in [0.5, 0.6) is 0 Å². The molecule has 0 heterocycles. The highest BCUT2D eigenvalue weighted by Gasteiger charge is 2.10. The molecule has 0 aliphatic carbocycles. The van der Waals surface area contributed by atoms with E-state index in [2.05, 4.69) is 17.5 Å². The van der Waals surface area contributed by atoms with Crippen molar-refractivity contribution in [3.8, 4) is 12.3 Å². The number of nitrogens with zero attached hydrogens (tertiary/aromatic N) is 1. The first-order valence-electron chi connectivity index (χ1n) is 7.73. The van der Waals surface area contributed by atoms with E-state index in [0.717, 1.165) is 28.0 Å². The Labute approximate surface area is 143 Å². The van der Waals surface area contributed by atoms with Gasteiger partial charge in [-0.2, -0.15) is 0 Å². The third kappa shape index (κ3) is 4.55. The lowest BCUT2D eigenvalue weighted by Crippen LogP contribution is -2.00. The van der Waals surface area contributed by atoms with Crippen molar-refractivity contribution in [1.82, 2.24) is 0 Å². The molecule has 120 valence electrons. The van der Waals surface area contributed by atoms with Crippen molar-refractivity contribution in [2.75, 3.05) is 0 Å². The van der Waals surface area contributed by atoms with Gasteiger partial charge in [0.1, 0.15) is 6.10 Å². The maximum absolute atomic E-state index is 10.3. The molecule has 24 heavy (non-hydrogen) atoms. The predicted molar refractivity (Wildman–Crippen MR) is 102 cm³/mol. The van der Waals surface area contributed by atoms with Crippen LogP contribution in [0.2, 0.25) is 0 Å². The normalized spacial score (nSPS) is 13.2. The first-order valence-corrected chi connectivity index (χ1v) is 7.73. The molecule has 2 heteroatoms. The van der Waals surface area contributed by atoms with Gasteiger partial charge in [-0.3, -0.25) is 4.99 Å². The van der Waals surface area contributed by atoms with Crippen LogP contribution in [0.3, 0.4) is 0 Å². The van der Waals surface area contributed by atoms with E-state index >= 15 is 0 Å². The second-order valence-electron chi connectivity index (χ2n) is 5.61.